The van der Waals surface area contributed by atoms with Crippen LogP contribution in [0.1, 0.15) is 5.56 Å². The van der Waals surface area contributed by atoms with Crippen LogP contribution in [0.2, 0.25) is 0 Å². The summed E-state index contributed by atoms with van der Waals surface area (Å²) in [7, 11) is 0. The molecule has 6 heteroatoms. The number of benzene rings is 1. The third kappa shape index (κ3) is 2.97. The molecule has 1 heterocycles. The molecule has 0 fully saturated rings. The van der Waals surface area contributed by atoms with Gasteiger partial charge in [-0.1, -0.05) is 6.07 Å². The van der Waals surface area contributed by atoms with Crippen LogP contribution in [0.25, 0.3) is 0 Å². The maximum Gasteiger partial charge on any atom is 0.416 e. The second kappa shape index (κ2) is 4.64. The van der Waals surface area contributed by atoms with Crippen molar-refractivity contribution in [2.24, 2.45) is 0 Å². The summed E-state index contributed by atoms with van der Waals surface area (Å²) in [6.45, 7) is 0. The van der Waals surface area contributed by atoms with Gasteiger partial charge in [0.1, 0.15) is 5.75 Å². The molecule has 0 atom stereocenters. The lowest BCUT2D eigenvalue weighted by Gasteiger charge is -2.08. The molecule has 0 aliphatic rings. The number of aromatic nitrogens is 1. The van der Waals surface area contributed by atoms with E-state index in [2.05, 4.69) is 4.98 Å². The molecule has 1 aromatic heterocycles. The highest BCUT2D eigenvalue weighted by molar-refractivity contribution is 5.31. The average Bonchev–Trinajstić information content (AvgIpc) is 2.28. The molecule has 0 saturated carbocycles. The quantitative estimate of drug-likeness (QED) is 0.598. The number of pyridine rings is 1. The van der Waals surface area contributed by atoms with Crippen LogP contribution < -0.4 is 4.74 Å². The molecular weight excluding hydrogens is 250 g/mol. The van der Waals surface area contributed by atoms with E-state index < -0.39 is 17.7 Å². The first-order chi connectivity index (χ1) is 8.45. The van der Waals surface area contributed by atoms with Crippen LogP contribution in [0.3, 0.4) is 0 Å². The Labute approximate surface area is 99.8 Å². The highest BCUT2D eigenvalue weighted by Crippen LogP contribution is 2.31. The maximum absolute atomic E-state index is 12.8. The Morgan fingerprint density at radius 1 is 0.944 bits per heavy atom. The van der Waals surface area contributed by atoms with Crippen molar-refractivity contribution in [3.63, 3.8) is 0 Å². The van der Waals surface area contributed by atoms with Crippen LogP contribution in [0.5, 0.6) is 11.6 Å². The van der Waals surface area contributed by atoms with Gasteiger partial charge < -0.3 is 4.74 Å². The minimum atomic E-state index is -4.39. The largest absolute Gasteiger partial charge is 0.439 e. The molecule has 2 aromatic rings. The Kier molecular flexibility index (Phi) is 3.18. The molecule has 2 nitrogen and oxygen atoms in total. The van der Waals surface area contributed by atoms with Crippen LogP contribution >= 0.6 is 0 Å². The molecule has 1 aromatic carbocycles. The highest BCUT2D eigenvalue weighted by atomic mass is 19.4. The molecule has 2 rings (SSSR count). The van der Waals surface area contributed by atoms with Gasteiger partial charge in [-0.3, -0.25) is 0 Å². The molecule has 18 heavy (non-hydrogen) atoms. The summed E-state index contributed by atoms with van der Waals surface area (Å²) in [5, 5.41) is 0. The molecule has 94 valence electrons. The first-order valence-corrected chi connectivity index (χ1v) is 4.93. The van der Waals surface area contributed by atoms with Crippen LogP contribution in [0.4, 0.5) is 17.6 Å². The lowest BCUT2D eigenvalue weighted by molar-refractivity contribution is -0.137. The van der Waals surface area contributed by atoms with E-state index in [0.717, 1.165) is 30.3 Å². The predicted molar refractivity (Wildman–Crippen MR) is 55.7 cm³/mol. The lowest BCUT2D eigenvalue weighted by Crippen LogP contribution is -2.04. The second-order valence-electron chi connectivity index (χ2n) is 3.42. The second-order valence-corrected chi connectivity index (χ2v) is 3.42. The third-order valence-corrected chi connectivity index (χ3v) is 2.09. The monoisotopic (exact) mass is 257 g/mol. The molecular formula is C12H7F4NO. The number of ether oxygens (including phenoxy) is 1. The van der Waals surface area contributed by atoms with Crippen LogP contribution in [-0.4, -0.2) is 4.98 Å². The summed E-state index contributed by atoms with van der Waals surface area (Å²) < 4.78 is 54.7. The zero-order valence-corrected chi connectivity index (χ0v) is 8.91. The van der Waals surface area contributed by atoms with E-state index in [1.807, 2.05) is 0 Å². The van der Waals surface area contributed by atoms with Crippen molar-refractivity contribution in [1.82, 2.24) is 4.98 Å². The number of halogens is 4. The Morgan fingerprint density at radius 3 is 2.17 bits per heavy atom. The lowest BCUT2D eigenvalue weighted by atomic mass is 10.2. The molecule has 0 saturated heterocycles. The Morgan fingerprint density at radius 2 is 1.61 bits per heavy atom. The van der Waals surface area contributed by atoms with Gasteiger partial charge in [0.25, 0.3) is 0 Å². The zero-order valence-electron chi connectivity index (χ0n) is 8.91. The molecule has 0 unspecified atom stereocenters. The fourth-order valence-corrected chi connectivity index (χ4v) is 1.28. The molecule has 0 spiro atoms. The van der Waals surface area contributed by atoms with E-state index in [1.54, 1.807) is 0 Å². The molecule has 0 N–H and O–H groups in total. The van der Waals surface area contributed by atoms with E-state index in [-0.39, 0.29) is 11.6 Å². The van der Waals surface area contributed by atoms with Crippen LogP contribution in [-0.2, 0) is 6.18 Å². The van der Waals surface area contributed by atoms with Crippen molar-refractivity contribution < 1.29 is 22.3 Å². The van der Waals surface area contributed by atoms with Crippen molar-refractivity contribution in [1.29, 1.82) is 0 Å². The summed E-state index contributed by atoms with van der Waals surface area (Å²) in [5.74, 6) is -0.588. The van der Waals surface area contributed by atoms with Gasteiger partial charge in [0, 0.05) is 6.07 Å². The van der Waals surface area contributed by atoms with Crippen molar-refractivity contribution in [3.8, 4) is 11.6 Å². The van der Waals surface area contributed by atoms with E-state index in [9.17, 15) is 17.6 Å². The fraction of sp³-hybridized carbons (Fsp3) is 0.0833. The number of hydrogen-bond donors (Lipinski definition) is 0. The number of nitrogens with zero attached hydrogens (tertiary/aromatic N) is 1. The van der Waals surface area contributed by atoms with Crippen LogP contribution in [0, 0.1) is 5.95 Å². The molecule has 0 aliphatic heterocycles. The van der Waals surface area contributed by atoms with E-state index in [4.69, 9.17) is 4.74 Å². The molecule has 0 amide bonds. The number of hydrogen-bond acceptors (Lipinski definition) is 2. The van der Waals surface area contributed by atoms with Crippen LogP contribution in [0.15, 0.2) is 42.5 Å². The Hall–Kier alpha value is -2.11. The molecule has 0 radical (unpaired) electrons. The molecule has 0 aliphatic carbocycles. The van der Waals surface area contributed by atoms with Gasteiger partial charge in [-0.25, -0.2) is 0 Å². The van der Waals surface area contributed by atoms with Crippen molar-refractivity contribution in [2.75, 3.05) is 0 Å². The summed E-state index contributed by atoms with van der Waals surface area (Å²) in [6.07, 6.45) is -4.39. The summed E-state index contributed by atoms with van der Waals surface area (Å²) in [4.78, 5) is 3.43. The highest BCUT2D eigenvalue weighted by Gasteiger charge is 2.30. The van der Waals surface area contributed by atoms with E-state index >= 15 is 0 Å². The van der Waals surface area contributed by atoms with Gasteiger partial charge in [0.15, 0.2) is 0 Å². The average molecular weight is 257 g/mol. The van der Waals surface area contributed by atoms with E-state index in [1.165, 1.54) is 12.1 Å². The SMILES string of the molecule is Fc1cccc(Oc2ccc(C(F)(F)F)cc2)n1. The third-order valence-electron chi connectivity index (χ3n) is 2.09. The van der Waals surface area contributed by atoms with Gasteiger partial charge in [-0.2, -0.15) is 22.5 Å². The van der Waals surface area contributed by atoms with Gasteiger partial charge >= 0.3 is 6.18 Å². The Balaban J connectivity index is 2.16. The predicted octanol–water partition coefficient (Wildman–Crippen LogP) is 4.03. The van der Waals surface area contributed by atoms with Crippen molar-refractivity contribution in [3.05, 3.63) is 54.0 Å². The van der Waals surface area contributed by atoms with Crippen molar-refractivity contribution in [2.45, 2.75) is 6.18 Å². The standard InChI is InChI=1S/C12H7F4NO/c13-10-2-1-3-11(17-10)18-9-6-4-8(5-7-9)12(14,15)16/h1-7H. The van der Waals surface area contributed by atoms with Crippen molar-refractivity contribution >= 4 is 0 Å². The first kappa shape index (κ1) is 12.3. The zero-order chi connectivity index (χ0) is 13.2. The van der Waals surface area contributed by atoms with Gasteiger partial charge in [-0.05, 0) is 30.3 Å². The fourth-order valence-electron chi connectivity index (χ4n) is 1.28. The topological polar surface area (TPSA) is 22.1 Å². The van der Waals surface area contributed by atoms with Gasteiger partial charge in [0.05, 0.1) is 5.56 Å². The normalized spacial score (nSPS) is 11.3. The van der Waals surface area contributed by atoms with Gasteiger partial charge in [-0.15, -0.1) is 0 Å². The summed E-state index contributed by atoms with van der Waals surface area (Å²) in [5.41, 5.74) is -0.776. The number of alkyl halides is 3. The smallest absolute Gasteiger partial charge is 0.416 e. The van der Waals surface area contributed by atoms with Gasteiger partial charge in [0.2, 0.25) is 11.8 Å². The molecule has 0 bridgehead atoms. The minimum absolute atomic E-state index is 0.0187. The van der Waals surface area contributed by atoms with E-state index in [0.29, 0.717) is 0 Å². The maximum atomic E-state index is 12.8. The Bertz CT molecular complexity index is 537. The minimum Gasteiger partial charge on any atom is -0.439 e. The summed E-state index contributed by atoms with van der Waals surface area (Å²) in [6, 6.07) is 8.00. The number of rotatable bonds is 2. The summed E-state index contributed by atoms with van der Waals surface area (Å²) >= 11 is 0. The first-order valence-electron chi connectivity index (χ1n) is 4.93.